The summed E-state index contributed by atoms with van der Waals surface area (Å²) >= 11 is 0. The normalized spacial score (nSPS) is 21.6. The fraction of sp³-hybridized carbons (Fsp3) is 0.938. The molecule has 21 heavy (non-hydrogen) atoms. The van der Waals surface area contributed by atoms with Gasteiger partial charge in [-0.15, -0.1) is 0 Å². The fourth-order valence-electron chi connectivity index (χ4n) is 3.20. The molecule has 0 aromatic carbocycles. The number of aliphatic imine (C=N–C) groups is 1. The zero-order valence-corrected chi connectivity index (χ0v) is 13.5. The van der Waals surface area contributed by atoms with Crippen molar-refractivity contribution in [2.45, 2.75) is 51.5 Å². The highest BCUT2D eigenvalue weighted by Crippen LogP contribution is 2.21. The third-order valence-electron chi connectivity index (χ3n) is 4.31. The number of aliphatic hydroxyl groups is 1. The highest BCUT2D eigenvalue weighted by molar-refractivity contribution is 5.80. The molecule has 0 unspecified atom stereocenters. The van der Waals surface area contributed by atoms with Crippen molar-refractivity contribution in [3.05, 3.63) is 0 Å². The first-order chi connectivity index (χ1) is 10.3. The number of guanidine groups is 1. The fourth-order valence-corrected chi connectivity index (χ4v) is 3.20. The minimum Gasteiger partial charge on any atom is -0.395 e. The molecule has 0 bridgehead atoms. The maximum atomic E-state index is 9.38. The second-order valence-electron chi connectivity index (χ2n) is 6.03. The van der Waals surface area contributed by atoms with Crippen LogP contribution < -0.4 is 0 Å². The Kier molecular flexibility index (Phi) is 7.30. The second-order valence-corrected chi connectivity index (χ2v) is 6.03. The van der Waals surface area contributed by atoms with E-state index in [0.29, 0.717) is 12.6 Å². The van der Waals surface area contributed by atoms with E-state index in [1.807, 2.05) is 0 Å². The second kappa shape index (κ2) is 9.26. The van der Waals surface area contributed by atoms with Gasteiger partial charge in [-0.1, -0.05) is 26.2 Å². The molecule has 5 heteroatoms. The molecular formula is C16H31N3O2. The standard InChI is InChI=1S/C16H31N3O2/c1-2-8-18(9-12-20)16(19-10-13-21-14-11-19)17-15-6-4-3-5-7-15/h15,20H,2-14H2,1H3. The molecule has 2 fully saturated rings. The van der Waals surface area contributed by atoms with Crippen LogP contribution in [0.4, 0.5) is 0 Å². The first kappa shape index (κ1) is 16.6. The molecule has 1 aliphatic carbocycles. The van der Waals surface area contributed by atoms with Gasteiger partial charge in [0, 0.05) is 26.2 Å². The van der Waals surface area contributed by atoms with Gasteiger partial charge in [0.15, 0.2) is 5.96 Å². The lowest BCUT2D eigenvalue weighted by molar-refractivity contribution is 0.0610. The van der Waals surface area contributed by atoms with Crippen molar-refractivity contribution in [2.24, 2.45) is 4.99 Å². The number of rotatable bonds is 5. The molecule has 2 aliphatic rings. The SMILES string of the molecule is CCCN(CCO)C(=NC1CCCCC1)N1CCOCC1. The molecule has 2 rings (SSSR count). The van der Waals surface area contributed by atoms with Crippen molar-refractivity contribution in [2.75, 3.05) is 46.0 Å². The summed E-state index contributed by atoms with van der Waals surface area (Å²) in [5.41, 5.74) is 0. The average Bonchev–Trinajstić information content (AvgIpc) is 2.54. The molecule has 0 atom stereocenters. The predicted molar refractivity (Wildman–Crippen MR) is 85.6 cm³/mol. The van der Waals surface area contributed by atoms with Crippen LogP contribution in [-0.4, -0.2) is 72.9 Å². The Hall–Kier alpha value is -0.810. The van der Waals surface area contributed by atoms with Gasteiger partial charge in [0.05, 0.1) is 25.9 Å². The molecule has 122 valence electrons. The lowest BCUT2D eigenvalue weighted by Crippen LogP contribution is -2.50. The summed E-state index contributed by atoms with van der Waals surface area (Å²) < 4.78 is 5.47. The van der Waals surface area contributed by atoms with Crippen LogP contribution in [0.2, 0.25) is 0 Å². The molecular weight excluding hydrogens is 266 g/mol. The van der Waals surface area contributed by atoms with Crippen molar-refractivity contribution in [1.82, 2.24) is 9.80 Å². The van der Waals surface area contributed by atoms with Crippen LogP contribution in [0.1, 0.15) is 45.4 Å². The molecule has 0 radical (unpaired) electrons. The Labute approximate surface area is 129 Å². The van der Waals surface area contributed by atoms with Gasteiger partial charge in [0.1, 0.15) is 0 Å². The van der Waals surface area contributed by atoms with E-state index < -0.39 is 0 Å². The van der Waals surface area contributed by atoms with Gasteiger partial charge in [-0.05, 0) is 19.3 Å². The third kappa shape index (κ3) is 5.15. The number of ether oxygens (including phenoxy) is 1. The largest absolute Gasteiger partial charge is 0.395 e. The third-order valence-corrected chi connectivity index (χ3v) is 4.31. The smallest absolute Gasteiger partial charge is 0.197 e. The van der Waals surface area contributed by atoms with E-state index in [-0.39, 0.29) is 6.61 Å². The quantitative estimate of drug-likeness (QED) is 0.620. The van der Waals surface area contributed by atoms with Crippen molar-refractivity contribution < 1.29 is 9.84 Å². The van der Waals surface area contributed by atoms with Crippen molar-refractivity contribution in [1.29, 1.82) is 0 Å². The van der Waals surface area contributed by atoms with Gasteiger partial charge in [-0.2, -0.15) is 0 Å². The van der Waals surface area contributed by atoms with Crippen LogP contribution in [0.3, 0.4) is 0 Å². The van der Waals surface area contributed by atoms with Gasteiger partial charge in [-0.25, -0.2) is 4.99 Å². The number of hydrogen-bond donors (Lipinski definition) is 1. The topological polar surface area (TPSA) is 48.3 Å². The molecule has 0 spiro atoms. The van der Waals surface area contributed by atoms with E-state index in [1.54, 1.807) is 0 Å². The molecule has 1 saturated heterocycles. The highest BCUT2D eigenvalue weighted by Gasteiger charge is 2.23. The molecule has 1 N–H and O–H groups in total. The first-order valence-corrected chi connectivity index (χ1v) is 8.61. The van der Waals surface area contributed by atoms with E-state index in [4.69, 9.17) is 9.73 Å². The van der Waals surface area contributed by atoms with Crippen LogP contribution in [0.25, 0.3) is 0 Å². The van der Waals surface area contributed by atoms with E-state index >= 15 is 0 Å². The van der Waals surface area contributed by atoms with Crippen LogP contribution in [0.5, 0.6) is 0 Å². The zero-order chi connectivity index (χ0) is 14.9. The van der Waals surface area contributed by atoms with Gasteiger partial charge < -0.3 is 19.6 Å². The number of nitrogens with zero attached hydrogens (tertiary/aromatic N) is 3. The highest BCUT2D eigenvalue weighted by atomic mass is 16.5. The van der Waals surface area contributed by atoms with Crippen molar-refractivity contribution >= 4 is 5.96 Å². The Bertz CT molecular complexity index is 305. The lowest BCUT2D eigenvalue weighted by Gasteiger charge is -2.37. The Morgan fingerprint density at radius 3 is 2.52 bits per heavy atom. The van der Waals surface area contributed by atoms with E-state index in [9.17, 15) is 5.11 Å². The molecule has 0 aromatic heterocycles. The maximum Gasteiger partial charge on any atom is 0.197 e. The molecule has 1 saturated carbocycles. The predicted octanol–water partition coefficient (Wildman–Crippen LogP) is 1.71. The van der Waals surface area contributed by atoms with Crippen LogP contribution in [-0.2, 0) is 4.74 Å². The number of aliphatic hydroxyl groups excluding tert-OH is 1. The van der Waals surface area contributed by atoms with Crippen molar-refractivity contribution in [3.8, 4) is 0 Å². The minimum absolute atomic E-state index is 0.189. The number of hydrogen-bond acceptors (Lipinski definition) is 3. The summed E-state index contributed by atoms with van der Waals surface area (Å²) in [6, 6.07) is 0.467. The average molecular weight is 297 g/mol. The lowest BCUT2D eigenvalue weighted by atomic mass is 9.96. The van der Waals surface area contributed by atoms with Crippen LogP contribution >= 0.6 is 0 Å². The summed E-state index contributed by atoms with van der Waals surface area (Å²) in [5, 5.41) is 9.38. The summed E-state index contributed by atoms with van der Waals surface area (Å²) in [7, 11) is 0. The van der Waals surface area contributed by atoms with Gasteiger partial charge in [0.2, 0.25) is 0 Å². The summed E-state index contributed by atoms with van der Waals surface area (Å²) in [4.78, 5) is 9.71. The van der Waals surface area contributed by atoms with E-state index in [2.05, 4.69) is 16.7 Å². The molecule has 1 aliphatic heterocycles. The first-order valence-electron chi connectivity index (χ1n) is 8.61. The monoisotopic (exact) mass is 297 g/mol. The van der Waals surface area contributed by atoms with E-state index in [1.165, 1.54) is 32.1 Å². The molecule has 0 amide bonds. The zero-order valence-electron chi connectivity index (χ0n) is 13.5. The maximum absolute atomic E-state index is 9.38. The Morgan fingerprint density at radius 2 is 1.90 bits per heavy atom. The molecule has 1 heterocycles. The minimum atomic E-state index is 0.189. The summed E-state index contributed by atoms with van der Waals surface area (Å²) in [6.45, 7) is 7.40. The van der Waals surface area contributed by atoms with Crippen LogP contribution in [0.15, 0.2) is 4.99 Å². The van der Waals surface area contributed by atoms with Gasteiger partial charge in [0.25, 0.3) is 0 Å². The molecule has 5 nitrogen and oxygen atoms in total. The van der Waals surface area contributed by atoms with Crippen molar-refractivity contribution in [3.63, 3.8) is 0 Å². The van der Waals surface area contributed by atoms with E-state index in [0.717, 1.165) is 45.2 Å². The summed E-state index contributed by atoms with van der Waals surface area (Å²) in [5.74, 6) is 1.10. The van der Waals surface area contributed by atoms with Gasteiger partial charge >= 0.3 is 0 Å². The Morgan fingerprint density at radius 1 is 1.19 bits per heavy atom. The molecule has 0 aromatic rings. The van der Waals surface area contributed by atoms with Gasteiger partial charge in [-0.3, -0.25) is 0 Å². The summed E-state index contributed by atoms with van der Waals surface area (Å²) in [6.07, 6.45) is 7.47. The number of morpholine rings is 1. The van der Waals surface area contributed by atoms with Crippen LogP contribution in [0, 0.1) is 0 Å². The Balaban J connectivity index is 2.11.